The highest BCUT2D eigenvalue weighted by Gasteiger charge is 2.08. The van der Waals surface area contributed by atoms with E-state index in [1.54, 1.807) is 18.2 Å². The average molecular weight is 358 g/mol. The van der Waals surface area contributed by atoms with Gasteiger partial charge in [0.1, 0.15) is 11.5 Å². The summed E-state index contributed by atoms with van der Waals surface area (Å²) in [6.07, 6.45) is 0.967. The van der Waals surface area contributed by atoms with Crippen LogP contribution in [0.4, 0.5) is 0 Å². The summed E-state index contributed by atoms with van der Waals surface area (Å²) in [6, 6.07) is 20.9. The van der Waals surface area contributed by atoms with Crippen LogP contribution < -0.4 is 5.32 Å². The molecule has 0 unspecified atom stereocenters. The number of benzene rings is 2. The normalized spacial score (nSPS) is 10.2. The largest absolute Gasteiger partial charge is 0.478 e. The monoisotopic (exact) mass is 357 g/mol. The van der Waals surface area contributed by atoms with E-state index in [1.807, 2.05) is 36.4 Å². The number of hydrogen-bond donors (Lipinski definition) is 2. The van der Waals surface area contributed by atoms with Crippen LogP contribution in [0.15, 0.2) is 71.1 Å². The van der Waals surface area contributed by atoms with E-state index in [2.05, 4.69) is 17.4 Å². The SMILES string of the molecule is Cl.O=C(O)c1cccc(-c2ccc(CNCCc3ccccc3)o2)c1. The van der Waals surface area contributed by atoms with Gasteiger partial charge < -0.3 is 14.8 Å². The van der Waals surface area contributed by atoms with E-state index < -0.39 is 5.97 Å². The molecule has 0 amide bonds. The van der Waals surface area contributed by atoms with E-state index in [0.29, 0.717) is 12.3 Å². The first-order chi connectivity index (χ1) is 11.7. The molecule has 0 aliphatic heterocycles. The van der Waals surface area contributed by atoms with E-state index in [1.165, 1.54) is 5.56 Å². The number of nitrogens with one attached hydrogen (secondary N) is 1. The van der Waals surface area contributed by atoms with Crippen LogP contribution in [0.2, 0.25) is 0 Å². The maximum absolute atomic E-state index is 11.0. The van der Waals surface area contributed by atoms with Crippen LogP contribution in [0.1, 0.15) is 21.7 Å². The van der Waals surface area contributed by atoms with Crippen LogP contribution in [0, 0.1) is 0 Å². The molecule has 0 atom stereocenters. The zero-order valence-electron chi connectivity index (χ0n) is 13.6. The van der Waals surface area contributed by atoms with Gasteiger partial charge in [-0.05, 0) is 42.8 Å². The summed E-state index contributed by atoms with van der Waals surface area (Å²) in [5, 5.41) is 12.4. The summed E-state index contributed by atoms with van der Waals surface area (Å²) in [5.41, 5.74) is 2.33. The maximum atomic E-state index is 11.0. The van der Waals surface area contributed by atoms with Crippen LogP contribution in [-0.4, -0.2) is 17.6 Å². The molecular formula is C20H20ClNO3. The van der Waals surface area contributed by atoms with Crippen LogP contribution in [0.3, 0.4) is 0 Å². The maximum Gasteiger partial charge on any atom is 0.335 e. The lowest BCUT2D eigenvalue weighted by Crippen LogP contribution is -2.16. The second-order valence-electron chi connectivity index (χ2n) is 5.56. The van der Waals surface area contributed by atoms with Gasteiger partial charge in [-0.25, -0.2) is 4.79 Å². The molecule has 2 N–H and O–H groups in total. The van der Waals surface area contributed by atoms with Crippen LogP contribution >= 0.6 is 12.4 Å². The second-order valence-corrected chi connectivity index (χ2v) is 5.56. The quantitative estimate of drug-likeness (QED) is 0.615. The van der Waals surface area contributed by atoms with Crippen molar-refractivity contribution in [2.24, 2.45) is 0 Å². The molecule has 2 aromatic carbocycles. The molecule has 25 heavy (non-hydrogen) atoms. The number of hydrogen-bond acceptors (Lipinski definition) is 3. The Kier molecular flexibility index (Phi) is 6.81. The van der Waals surface area contributed by atoms with Gasteiger partial charge >= 0.3 is 5.97 Å². The molecule has 130 valence electrons. The van der Waals surface area contributed by atoms with E-state index in [0.717, 1.165) is 24.3 Å². The summed E-state index contributed by atoms with van der Waals surface area (Å²) in [7, 11) is 0. The van der Waals surface area contributed by atoms with Gasteiger partial charge in [0.2, 0.25) is 0 Å². The van der Waals surface area contributed by atoms with E-state index in [-0.39, 0.29) is 18.0 Å². The molecule has 0 saturated heterocycles. The van der Waals surface area contributed by atoms with Crippen molar-refractivity contribution < 1.29 is 14.3 Å². The molecule has 0 aliphatic rings. The molecule has 0 bridgehead atoms. The Labute approximate surface area is 152 Å². The Morgan fingerprint density at radius 2 is 1.80 bits per heavy atom. The molecule has 0 fully saturated rings. The Hall–Kier alpha value is -2.56. The highest BCUT2D eigenvalue weighted by Crippen LogP contribution is 2.23. The van der Waals surface area contributed by atoms with E-state index in [4.69, 9.17) is 9.52 Å². The number of aromatic carboxylic acids is 1. The van der Waals surface area contributed by atoms with Gasteiger partial charge in [-0.1, -0.05) is 42.5 Å². The minimum absolute atomic E-state index is 0. The van der Waals surface area contributed by atoms with Crippen molar-refractivity contribution in [3.05, 3.63) is 83.6 Å². The fraction of sp³-hybridized carbons (Fsp3) is 0.150. The predicted octanol–water partition coefficient (Wildman–Crippen LogP) is 4.40. The van der Waals surface area contributed by atoms with Crippen molar-refractivity contribution in [1.82, 2.24) is 5.32 Å². The molecule has 3 aromatic rings. The molecule has 0 radical (unpaired) electrons. The fourth-order valence-electron chi connectivity index (χ4n) is 2.52. The third kappa shape index (κ3) is 5.21. The molecule has 5 heteroatoms. The smallest absolute Gasteiger partial charge is 0.335 e. The molecule has 0 spiro atoms. The predicted molar refractivity (Wildman–Crippen MR) is 100 cm³/mol. The molecule has 0 aliphatic carbocycles. The molecule has 4 nitrogen and oxygen atoms in total. The Morgan fingerprint density at radius 3 is 2.56 bits per heavy atom. The van der Waals surface area contributed by atoms with Crippen LogP contribution in [0.25, 0.3) is 11.3 Å². The van der Waals surface area contributed by atoms with E-state index >= 15 is 0 Å². The van der Waals surface area contributed by atoms with E-state index in [9.17, 15) is 4.79 Å². The first-order valence-corrected chi connectivity index (χ1v) is 7.89. The summed E-state index contributed by atoms with van der Waals surface area (Å²) >= 11 is 0. The number of rotatable bonds is 7. The summed E-state index contributed by atoms with van der Waals surface area (Å²) < 4.78 is 5.80. The zero-order valence-corrected chi connectivity index (χ0v) is 14.5. The Bertz CT molecular complexity index is 815. The number of carboxylic acid groups (broad SMARTS) is 1. The molecule has 0 saturated carbocycles. The number of halogens is 1. The van der Waals surface area contributed by atoms with Crippen molar-refractivity contribution in [1.29, 1.82) is 0 Å². The minimum atomic E-state index is -0.939. The first-order valence-electron chi connectivity index (χ1n) is 7.89. The summed E-state index contributed by atoms with van der Waals surface area (Å²) in [5.74, 6) is 0.572. The lowest BCUT2D eigenvalue weighted by Gasteiger charge is -2.03. The van der Waals surface area contributed by atoms with Crippen LogP contribution in [0.5, 0.6) is 0 Å². The zero-order chi connectivity index (χ0) is 16.8. The standard InChI is InChI=1S/C20H19NO3.ClH/c22-20(23)17-8-4-7-16(13-17)19-10-9-18(24-19)14-21-12-11-15-5-2-1-3-6-15;/h1-10,13,21H,11-12,14H2,(H,22,23);1H. The molecular weight excluding hydrogens is 338 g/mol. The second kappa shape index (κ2) is 9.06. The summed E-state index contributed by atoms with van der Waals surface area (Å²) in [6.45, 7) is 1.51. The Morgan fingerprint density at radius 1 is 1.00 bits per heavy atom. The van der Waals surface area contributed by atoms with Gasteiger partial charge in [0.15, 0.2) is 0 Å². The minimum Gasteiger partial charge on any atom is -0.478 e. The topological polar surface area (TPSA) is 62.5 Å². The molecule has 3 rings (SSSR count). The van der Waals surface area contributed by atoms with Gasteiger partial charge in [0.05, 0.1) is 12.1 Å². The Balaban J connectivity index is 0.00000225. The fourth-order valence-corrected chi connectivity index (χ4v) is 2.52. The molecule has 1 heterocycles. The van der Waals surface area contributed by atoms with Gasteiger partial charge in [-0.2, -0.15) is 0 Å². The summed E-state index contributed by atoms with van der Waals surface area (Å²) in [4.78, 5) is 11.0. The van der Waals surface area contributed by atoms with Gasteiger partial charge in [0.25, 0.3) is 0 Å². The number of furan rings is 1. The third-order valence-corrected chi connectivity index (χ3v) is 3.79. The third-order valence-electron chi connectivity index (χ3n) is 3.79. The number of carboxylic acids is 1. The van der Waals surface area contributed by atoms with Gasteiger partial charge in [0, 0.05) is 5.56 Å². The van der Waals surface area contributed by atoms with Crippen molar-refractivity contribution in [3.63, 3.8) is 0 Å². The van der Waals surface area contributed by atoms with Crippen LogP contribution in [-0.2, 0) is 13.0 Å². The van der Waals surface area contributed by atoms with Gasteiger partial charge in [-0.3, -0.25) is 0 Å². The lowest BCUT2D eigenvalue weighted by molar-refractivity contribution is 0.0697. The van der Waals surface area contributed by atoms with Gasteiger partial charge in [-0.15, -0.1) is 12.4 Å². The highest BCUT2D eigenvalue weighted by atomic mass is 35.5. The van der Waals surface area contributed by atoms with Crippen molar-refractivity contribution in [3.8, 4) is 11.3 Å². The van der Waals surface area contributed by atoms with Crippen molar-refractivity contribution >= 4 is 18.4 Å². The first kappa shape index (κ1) is 18.8. The lowest BCUT2D eigenvalue weighted by atomic mass is 10.1. The van der Waals surface area contributed by atoms with Crippen molar-refractivity contribution in [2.75, 3.05) is 6.54 Å². The van der Waals surface area contributed by atoms with Crippen molar-refractivity contribution in [2.45, 2.75) is 13.0 Å². The average Bonchev–Trinajstić information content (AvgIpc) is 3.09. The number of carbonyl (C=O) groups is 1. The highest BCUT2D eigenvalue weighted by molar-refractivity contribution is 5.89. The molecule has 1 aromatic heterocycles.